The van der Waals surface area contributed by atoms with Crippen molar-refractivity contribution in [3.8, 4) is 11.5 Å². The quantitative estimate of drug-likeness (QED) is 0.439. The molecule has 13 heavy (non-hydrogen) atoms. The van der Waals surface area contributed by atoms with Gasteiger partial charge in [0.25, 0.3) is 0 Å². The van der Waals surface area contributed by atoms with E-state index < -0.39 is 14.2 Å². The molecule has 2 atom stereocenters. The molecule has 2 unspecified atom stereocenters. The van der Waals surface area contributed by atoms with Crippen molar-refractivity contribution in [3.05, 3.63) is 0 Å². The summed E-state index contributed by atoms with van der Waals surface area (Å²) in [5.74, 6) is 2.84. The van der Waals surface area contributed by atoms with Crippen molar-refractivity contribution in [1.29, 1.82) is 0 Å². The maximum absolute atomic E-state index is 9.53. The van der Waals surface area contributed by atoms with Crippen LogP contribution in [0.15, 0.2) is 0 Å². The number of aliphatic hydroxyl groups excluding tert-OH is 1. The standard InChI is InChI=1S/C10H19ClOSi/c1-5-6-9(11)10(12)7-8-13(2,3)4/h9-10,12H,5-6H2,1-4H3. The molecule has 0 saturated carbocycles. The van der Waals surface area contributed by atoms with E-state index in [1.54, 1.807) is 0 Å². The molecule has 0 aromatic heterocycles. The zero-order valence-corrected chi connectivity index (χ0v) is 10.7. The summed E-state index contributed by atoms with van der Waals surface area (Å²) >= 11 is 5.92. The molecule has 0 aromatic carbocycles. The number of hydrogen-bond acceptors (Lipinski definition) is 1. The van der Waals surface area contributed by atoms with E-state index in [2.05, 4.69) is 31.1 Å². The average molecular weight is 219 g/mol. The number of alkyl halides is 1. The van der Waals surface area contributed by atoms with E-state index >= 15 is 0 Å². The summed E-state index contributed by atoms with van der Waals surface area (Å²) in [6, 6.07) is 0. The van der Waals surface area contributed by atoms with E-state index in [1.807, 2.05) is 6.92 Å². The van der Waals surface area contributed by atoms with Crippen molar-refractivity contribution in [2.24, 2.45) is 0 Å². The number of aliphatic hydroxyl groups is 1. The molecule has 0 bridgehead atoms. The first-order valence-corrected chi connectivity index (χ1v) is 8.65. The molecule has 0 rings (SSSR count). The molecule has 0 radical (unpaired) electrons. The second-order valence-corrected chi connectivity index (χ2v) is 9.58. The first-order valence-electron chi connectivity index (χ1n) is 4.71. The van der Waals surface area contributed by atoms with Crippen molar-refractivity contribution in [1.82, 2.24) is 0 Å². The van der Waals surface area contributed by atoms with Gasteiger partial charge >= 0.3 is 0 Å². The second kappa shape index (κ2) is 5.69. The maximum Gasteiger partial charge on any atom is 0.130 e. The van der Waals surface area contributed by atoms with E-state index in [0.717, 1.165) is 12.8 Å². The third-order valence-electron chi connectivity index (χ3n) is 1.50. The summed E-state index contributed by atoms with van der Waals surface area (Å²) in [6.45, 7) is 8.50. The van der Waals surface area contributed by atoms with Crippen LogP contribution in [0.2, 0.25) is 19.6 Å². The first kappa shape index (κ1) is 13.0. The Kier molecular flexibility index (Phi) is 5.71. The van der Waals surface area contributed by atoms with Gasteiger partial charge in [-0.2, -0.15) is 0 Å². The predicted octanol–water partition coefficient (Wildman–Crippen LogP) is 2.64. The lowest BCUT2D eigenvalue weighted by Gasteiger charge is -2.11. The molecular formula is C10H19ClOSi. The van der Waals surface area contributed by atoms with E-state index in [4.69, 9.17) is 11.6 Å². The van der Waals surface area contributed by atoms with Gasteiger partial charge in [0, 0.05) is 0 Å². The van der Waals surface area contributed by atoms with Gasteiger partial charge in [-0.3, -0.25) is 0 Å². The van der Waals surface area contributed by atoms with Crippen molar-refractivity contribution < 1.29 is 5.11 Å². The van der Waals surface area contributed by atoms with Crippen LogP contribution in [0.5, 0.6) is 0 Å². The SMILES string of the molecule is CCCC(Cl)C(O)C#C[Si](C)(C)C. The lowest BCUT2D eigenvalue weighted by molar-refractivity contribution is 0.222. The molecule has 0 spiro atoms. The highest BCUT2D eigenvalue weighted by Gasteiger charge is 2.14. The van der Waals surface area contributed by atoms with Crippen LogP contribution in [-0.2, 0) is 0 Å². The third-order valence-corrected chi connectivity index (χ3v) is 2.85. The fraction of sp³-hybridized carbons (Fsp3) is 0.800. The summed E-state index contributed by atoms with van der Waals surface area (Å²) in [4.78, 5) is 0. The van der Waals surface area contributed by atoms with Gasteiger partial charge in [-0.1, -0.05) is 38.9 Å². The average Bonchev–Trinajstić information content (AvgIpc) is 1.99. The summed E-state index contributed by atoms with van der Waals surface area (Å²) in [5, 5.41) is 9.31. The van der Waals surface area contributed by atoms with Crippen molar-refractivity contribution >= 4 is 19.7 Å². The Balaban J connectivity index is 4.10. The van der Waals surface area contributed by atoms with E-state index in [9.17, 15) is 5.11 Å². The van der Waals surface area contributed by atoms with E-state index in [-0.39, 0.29) is 5.38 Å². The summed E-state index contributed by atoms with van der Waals surface area (Å²) in [7, 11) is -1.37. The molecule has 0 aliphatic carbocycles. The van der Waals surface area contributed by atoms with Gasteiger partial charge < -0.3 is 5.11 Å². The third kappa shape index (κ3) is 7.13. The van der Waals surface area contributed by atoms with Gasteiger partial charge in [0.05, 0.1) is 5.38 Å². The molecule has 0 fully saturated rings. The Morgan fingerprint density at radius 1 is 1.38 bits per heavy atom. The second-order valence-electron chi connectivity index (χ2n) is 4.27. The van der Waals surface area contributed by atoms with Gasteiger partial charge in [-0.05, 0) is 6.42 Å². The molecule has 0 aliphatic rings. The highest BCUT2D eigenvalue weighted by molar-refractivity contribution is 6.83. The largest absolute Gasteiger partial charge is 0.379 e. The highest BCUT2D eigenvalue weighted by Crippen LogP contribution is 2.09. The molecule has 76 valence electrons. The number of halogens is 1. The molecule has 1 nitrogen and oxygen atoms in total. The maximum atomic E-state index is 9.53. The van der Waals surface area contributed by atoms with Crippen LogP contribution in [0.1, 0.15) is 19.8 Å². The molecular weight excluding hydrogens is 200 g/mol. The molecule has 0 amide bonds. The van der Waals surface area contributed by atoms with Crippen LogP contribution in [0, 0.1) is 11.5 Å². The Hall–Kier alpha value is 0.0269. The van der Waals surface area contributed by atoms with Gasteiger partial charge in [-0.25, -0.2) is 0 Å². The minimum atomic E-state index is -1.37. The van der Waals surface area contributed by atoms with Crippen molar-refractivity contribution in [2.45, 2.75) is 50.9 Å². The van der Waals surface area contributed by atoms with Crippen molar-refractivity contribution in [2.75, 3.05) is 0 Å². The Bertz CT molecular complexity index is 199. The zero-order chi connectivity index (χ0) is 10.5. The van der Waals surface area contributed by atoms with E-state index in [1.165, 1.54) is 0 Å². The van der Waals surface area contributed by atoms with Gasteiger partial charge in [0.2, 0.25) is 0 Å². The molecule has 0 saturated heterocycles. The van der Waals surface area contributed by atoms with Crippen LogP contribution in [0.3, 0.4) is 0 Å². The fourth-order valence-corrected chi connectivity index (χ4v) is 1.68. The summed E-state index contributed by atoms with van der Waals surface area (Å²) < 4.78 is 0. The van der Waals surface area contributed by atoms with Crippen LogP contribution in [-0.4, -0.2) is 24.7 Å². The van der Waals surface area contributed by atoms with Crippen molar-refractivity contribution in [3.63, 3.8) is 0 Å². The first-order chi connectivity index (χ1) is 5.87. The highest BCUT2D eigenvalue weighted by atomic mass is 35.5. The number of rotatable bonds is 3. The molecule has 0 heterocycles. The number of hydrogen-bond donors (Lipinski definition) is 1. The fourth-order valence-electron chi connectivity index (χ4n) is 0.815. The molecule has 1 N–H and O–H groups in total. The Morgan fingerprint density at radius 2 is 1.92 bits per heavy atom. The summed E-state index contributed by atoms with van der Waals surface area (Å²) in [6.07, 6.45) is 1.15. The van der Waals surface area contributed by atoms with Crippen LogP contribution >= 0.6 is 11.6 Å². The van der Waals surface area contributed by atoms with E-state index in [0.29, 0.717) is 0 Å². The lowest BCUT2D eigenvalue weighted by Crippen LogP contribution is -2.22. The predicted molar refractivity (Wildman–Crippen MR) is 61.7 cm³/mol. The normalized spacial score (nSPS) is 15.8. The summed E-state index contributed by atoms with van der Waals surface area (Å²) in [5.41, 5.74) is 3.12. The Labute approximate surface area is 87.5 Å². The van der Waals surface area contributed by atoms with Gasteiger partial charge in [-0.15, -0.1) is 17.1 Å². The van der Waals surface area contributed by atoms with Gasteiger partial charge in [0.15, 0.2) is 0 Å². The Morgan fingerprint density at radius 3 is 2.31 bits per heavy atom. The smallest absolute Gasteiger partial charge is 0.130 e. The molecule has 0 aliphatic heterocycles. The molecule has 0 aromatic rings. The van der Waals surface area contributed by atoms with Crippen LogP contribution in [0.25, 0.3) is 0 Å². The topological polar surface area (TPSA) is 20.2 Å². The van der Waals surface area contributed by atoms with Crippen LogP contribution < -0.4 is 0 Å². The minimum absolute atomic E-state index is 0.214. The monoisotopic (exact) mass is 218 g/mol. The van der Waals surface area contributed by atoms with Gasteiger partial charge in [0.1, 0.15) is 14.2 Å². The zero-order valence-electron chi connectivity index (χ0n) is 8.89. The molecule has 3 heteroatoms. The minimum Gasteiger partial charge on any atom is -0.379 e. The van der Waals surface area contributed by atoms with Crippen LogP contribution in [0.4, 0.5) is 0 Å². The lowest BCUT2D eigenvalue weighted by atomic mass is 10.2.